The second-order valence-electron chi connectivity index (χ2n) is 6.46. The number of sulfonamides is 1. The van der Waals surface area contributed by atoms with E-state index in [-0.39, 0.29) is 17.3 Å². The fraction of sp³-hybridized carbons (Fsp3) is 0.238. The van der Waals surface area contributed by atoms with Crippen LogP contribution in [0.2, 0.25) is 0 Å². The molecule has 0 aliphatic rings. The minimum atomic E-state index is -3.67. The SMILES string of the molecule is C#CCNS(=O)(=O)c1ccc(C(=O)NCCCn2c(C)nc3ccccc32)cc1. The minimum Gasteiger partial charge on any atom is -0.352 e. The Balaban J connectivity index is 1.54. The maximum atomic E-state index is 12.3. The lowest BCUT2D eigenvalue weighted by Crippen LogP contribution is -2.26. The van der Waals surface area contributed by atoms with Gasteiger partial charge < -0.3 is 9.88 Å². The van der Waals surface area contributed by atoms with Gasteiger partial charge in [-0.2, -0.15) is 4.72 Å². The minimum absolute atomic E-state index is 0.0618. The molecule has 0 atom stereocenters. The average Bonchev–Trinajstić information content (AvgIpc) is 3.04. The first-order valence-electron chi connectivity index (χ1n) is 9.15. The van der Waals surface area contributed by atoms with Crippen LogP contribution >= 0.6 is 0 Å². The summed E-state index contributed by atoms with van der Waals surface area (Å²) in [6, 6.07) is 13.7. The quantitative estimate of drug-likeness (QED) is 0.439. The van der Waals surface area contributed by atoms with Crippen molar-refractivity contribution < 1.29 is 13.2 Å². The molecule has 150 valence electrons. The Labute approximate surface area is 170 Å². The fourth-order valence-electron chi connectivity index (χ4n) is 3.02. The first kappa shape index (κ1) is 20.6. The van der Waals surface area contributed by atoms with Crippen LogP contribution < -0.4 is 10.0 Å². The summed E-state index contributed by atoms with van der Waals surface area (Å²) in [5.41, 5.74) is 2.43. The number of carbonyl (C=O) groups excluding carboxylic acids is 1. The topological polar surface area (TPSA) is 93.1 Å². The number of nitrogens with zero attached hydrogens (tertiary/aromatic N) is 2. The molecule has 0 saturated carbocycles. The number of terminal acetylenes is 1. The van der Waals surface area contributed by atoms with Crippen molar-refractivity contribution >= 4 is 27.0 Å². The number of aromatic nitrogens is 2. The van der Waals surface area contributed by atoms with Crippen LogP contribution in [0, 0.1) is 19.3 Å². The zero-order chi connectivity index (χ0) is 20.9. The molecule has 1 aromatic heterocycles. The molecule has 0 unspecified atom stereocenters. The van der Waals surface area contributed by atoms with Crippen LogP contribution in [0.1, 0.15) is 22.6 Å². The average molecular weight is 410 g/mol. The van der Waals surface area contributed by atoms with Crippen LogP contribution in [-0.4, -0.2) is 37.0 Å². The number of fused-ring (bicyclic) bond motifs is 1. The van der Waals surface area contributed by atoms with Crippen molar-refractivity contribution in [2.75, 3.05) is 13.1 Å². The van der Waals surface area contributed by atoms with Gasteiger partial charge in [0.05, 0.1) is 22.5 Å². The van der Waals surface area contributed by atoms with Crippen LogP contribution in [0.15, 0.2) is 53.4 Å². The molecule has 8 heteroatoms. The predicted octanol–water partition coefficient (Wildman–Crippen LogP) is 2.08. The van der Waals surface area contributed by atoms with E-state index in [0.717, 1.165) is 29.8 Å². The lowest BCUT2D eigenvalue weighted by atomic mass is 10.2. The van der Waals surface area contributed by atoms with E-state index in [9.17, 15) is 13.2 Å². The van der Waals surface area contributed by atoms with E-state index in [1.165, 1.54) is 24.3 Å². The summed E-state index contributed by atoms with van der Waals surface area (Å²) in [5.74, 6) is 2.90. The molecule has 7 nitrogen and oxygen atoms in total. The summed E-state index contributed by atoms with van der Waals surface area (Å²) < 4.78 is 28.4. The van der Waals surface area contributed by atoms with Crippen LogP contribution in [0.3, 0.4) is 0 Å². The van der Waals surface area contributed by atoms with Crippen LogP contribution in [0.25, 0.3) is 11.0 Å². The molecule has 2 N–H and O–H groups in total. The predicted molar refractivity (Wildman–Crippen MR) is 112 cm³/mol. The summed E-state index contributed by atoms with van der Waals surface area (Å²) in [6.45, 7) is 3.11. The van der Waals surface area contributed by atoms with E-state index in [1.807, 2.05) is 31.2 Å². The van der Waals surface area contributed by atoms with Crippen molar-refractivity contribution in [2.24, 2.45) is 0 Å². The van der Waals surface area contributed by atoms with Gasteiger partial charge in [0.2, 0.25) is 10.0 Å². The van der Waals surface area contributed by atoms with Gasteiger partial charge in [-0.25, -0.2) is 13.4 Å². The molecule has 2 aromatic carbocycles. The molecular formula is C21H22N4O3S. The summed E-state index contributed by atoms with van der Waals surface area (Å²) in [6.07, 6.45) is 5.81. The monoisotopic (exact) mass is 410 g/mol. The van der Waals surface area contributed by atoms with E-state index >= 15 is 0 Å². The maximum Gasteiger partial charge on any atom is 0.251 e. The van der Waals surface area contributed by atoms with Crippen LogP contribution in [0.5, 0.6) is 0 Å². The number of rotatable bonds is 8. The van der Waals surface area contributed by atoms with Gasteiger partial charge in [0.15, 0.2) is 0 Å². The number of nitrogens with one attached hydrogen (secondary N) is 2. The van der Waals surface area contributed by atoms with Crippen molar-refractivity contribution in [2.45, 2.75) is 24.8 Å². The van der Waals surface area contributed by atoms with Gasteiger partial charge in [-0.05, 0) is 49.7 Å². The number of benzene rings is 2. The number of amides is 1. The van der Waals surface area contributed by atoms with E-state index in [0.29, 0.717) is 12.1 Å². The van der Waals surface area contributed by atoms with Crippen molar-refractivity contribution in [3.05, 3.63) is 59.9 Å². The zero-order valence-corrected chi connectivity index (χ0v) is 16.9. The Morgan fingerprint density at radius 1 is 1.17 bits per heavy atom. The van der Waals surface area contributed by atoms with E-state index in [2.05, 4.69) is 25.5 Å². The van der Waals surface area contributed by atoms with Gasteiger partial charge in [-0.3, -0.25) is 4.79 Å². The molecule has 1 amide bonds. The summed E-state index contributed by atoms with van der Waals surface area (Å²) in [7, 11) is -3.67. The Kier molecular flexibility index (Phi) is 6.32. The highest BCUT2D eigenvalue weighted by atomic mass is 32.2. The van der Waals surface area contributed by atoms with Crippen molar-refractivity contribution in [1.82, 2.24) is 19.6 Å². The van der Waals surface area contributed by atoms with Gasteiger partial charge in [0, 0.05) is 18.7 Å². The Bertz CT molecular complexity index is 1160. The van der Waals surface area contributed by atoms with Crippen molar-refractivity contribution in [3.63, 3.8) is 0 Å². The molecule has 3 aromatic rings. The third-order valence-corrected chi connectivity index (χ3v) is 5.90. The lowest BCUT2D eigenvalue weighted by Gasteiger charge is -2.09. The van der Waals surface area contributed by atoms with Gasteiger partial charge >= 0.3 is 0 Å². The van der Waals surface area contributed by atoms with E-state index < -0.39 is 10.0 Å². The van der Waals surface area contributed by atoms with Gasteiger partial charge in [-0.15, -0.1) is 6.42 Å². The van der Waals surface area contributed by atoms with E-state index in [4.69, 9.17) is 6.42 Å². The Morgan fingerprint density at radius 3 is 2.62 bits per heavy atom. The normalized spacial score (nSPS) is 11.3. The molecule has 0 fully saturated rings. The summed E-state index contributed by atoms with van der Waals surface area (Å²) >= 11 is 0. The first-order chi connectivity index (χ1) is 13.9. The number of para-hydroxylation sites is 2. The van der Waals surface area contributed by atoms with Crippen molar-refractivity contribution in [3.8, 4) is 12.3 Å². The van der Waals surface area contributed by atoms with E-state index in [1.54, 1.807) is 0 Å². The highest BCUT2D eigenvalue weighted by Crippen LogP contribution is 2.15. The standard InChI is InChI=1S/C21H22N4O3S/c1-3-13-23-29(27,28)18-11-9-17(10-12-18)21(26)22-14-6-15-25-16(2)24-19-7-4-5-8-20(19)25/h1,4-5,7-12,23H,6,13-15H2,2H3,(H,22,26). The summed E-state index contributed by atoms with van der Waals surface area (Å²) in [4.78, 5) is 16.9. The molecule has 0 aliphatic carbocycles. The summed E-state index contributed by atoms with van der Waals surface area (Å²) in [5, 5.41) is 2.86. The molecule has 0 aliphatic heterocycles. The number of hydrogen-bond acceptors (Lipinski definition) is 4. The largest absolute Gasteiger partial charge is 0.352 e. The first-order valence-corrected chi connectivity index (χ1v) is 10.6. The van der Waals surface area contributed by atoms with Crippen LogP contribution in [0.4, 0.5) is 0 Å². The molecule has 0 bridgehead atoms. The molecule has 0 spiro atoms. The zero-order valence-electron chi connectivity index (χ0n) is 16.1. The van der Waals surface area contributed by atoms with Crippen molar-refractivity contribution in [1.29, 1.82) is 0 Å². The number of aryl methyl sites for hydroxylation is 2. The van der Waals surface area contributed by atoms with Gasteiger partial charge in [0.25, 0.3) is 5.91 Å². The van der Waals surface area contributed by atoms with Crippen LogP contribution in [-0.2, 0) is 16.6 Å². The third kappa shape index (κ3) is 4.83. The maximum absolute atomic E-state index is 12.3. The lowest BCUT2D eigenvalue weighted by molar-refractivity contribution is 0.0952. The number of carbonyl (C=O) groups is 1. The molecule has 3 rings (SSSR count). The van der Waals surface area contributed by atoms with Gasteiger partial charge in [0.1, 0.15) is 5.82 Å². The second kappa shape index (κ2) is 8.90. The number of hydrogen-bond donors (Lipinski definition) is 2. The molecule has 29 heavy (non-hydrogen) atoms. The number of imidazole rings is 1. The van der Waals surface area contributed by atoms with Gasteiger partial charge in [-0.1, -0.05) is 18.1 Å². The Hall–Kier alpha value is -3.15. The highest BCUT2D eigenvalue weighted by Gasteiger charge is 2.14. The smallest absolute Gasteiger partial charge is 0.251 e. The molecular weight excluding hydrogens is 388 g/mol. The second-order valence-corrected chi connectivity index (χ2v) is 8.23. The molecule has 0 saturated heterocycles. The molecule has 0 radical (unpaired) electrons. The molecule has 1 heterocycles. The Morgan fingerprint density at radius 2 is 1.90 bits per heavy atom. The third-order valence-electron chi connectivity index (χ3n) is 4.48. The fourth-order valence-corrected chi connectivity index (χ4v) is 3.96. The highest BCUT2D eigenvalue weighted by molar-refractivity contribution is 7.89.